The zero-order valence-corrected chi connectivity index (χ0v) is 12.1. The van der Waals surface area contributed by atoms with Gasteiger partial charge < -0.3 is 14.7 Å². The molecule has 114 valence electrons. The molecule has 1 aromatic rings. The number of carbonyl (C=O) groups excluding carboxylic acids is 1. The summed E-state index contributed by atoms with van der Waals surface area (Å²) in [5.41, 5.74) is 0.0584. The van der Waals surface area contributed by atoms with Crippen LogP contribution in [0.5, 0.6) is 0 Å². The Labute approximate surface area is 123 Å². The maximum absolute atomic E-state index is 12.2. The van der Waals surface area contributed by atoms with Gasteiger partial charge in [0, 0.05) is 26.8 Å². The number of aromatic nitrogens is 1. The number of aromatic carboxylic acids is 1. The number of hydrogen-bond acceptors (Lipinski definition) is 4. The largest absolute Gasteiger partial charge is 0.477 e. The minimum atomic E-state index is -1.13. The van der Waals surface area contributed by atoms with Gasteiger partial charge in [-0.15, -0.1) is 0 Å². The summed E-state index contributed by atoms with van der Waals surface area (Å²) < 4.78 is 5.31. The number of amides is 1. The molecule has 2 rings (SSSR count). The first-order valence-corrected chi connectivity index (χ1v) is 7.11. The first-order valence-electron chi connectivity index (χ1n) is 7.11. The van der Waals surface area contributed by atoms with Gasteiger partial charge in [-0.25, -0.2) is 9.78 Å². The summed E-state index contributed by atoms with van der Waals surface area (Å²) in [5.74, 6) is -0.785. The van der Waals surface area contributed by atoms with Crippen molar-refractivity contribution in [3.63, 3.8) is 0 Å². The van der Waals surface area contributed by atoms with Gasteiger partial charge in [-0.05, 0) is 37.3 Å². The fraction of sp³-hybridized carbons (Fsp3) is 0.533. The van der Waals surface area contributed by atoms with E-state index in [0.717, 1.165) is 32.5 Å². The molecule has 1 N–H and O–H groups in total. The van der Waals surface area contributed by atoms with Crippen molar-refractivity contribution in [2.75, 3.05) is 26.8 Å². The highest BCUT2D eigenvalue weighted by Crippen LogP contribution is 2.18. The second-order valence-electron chi connectivity index (χ2n) is 5.28. The molecule has 0 saturated carbocycles. The van der Waals surface area contributed by atoms with Crippen molar-refractivity contribution in [1.82, 2.24) is 9.88 Å². The summed E-state index contributed by atoms with van der Waals surface area (Å²) in [4.78, 5) is 28.6. The van der Waals surface area contributed by atoms with Crippen LogP contribution in [0.1, 0.15) is 40.2 Å². The van der Waals surface area contributed by atoms with E-state index in [4.69, 9.17) is 9.84 Å². The number of ether oxygens (including phenoxy) is 1. The smallest absolute Gasteiger partial charge is 0.354 e. The van der Waals surface area contributed by atoms with Gasteiger partial charge in [-0.3, -0.25) is 4.79 Å². The zero-order chi connectivity index (χ0) is 15.2. The first kappa shape index (κ1) is 15.4. The van der Waals surface area contributed by atoms with Gasteiger partial charge in [-0.1, -0.05) is 6.07 Å². The molecule has 0 unspecified atom stereocenters. The normalized spacial score (nSPS) is 15.7. The maximum atomic E-state index is 12.2. The third-order valence-corrected chi connectivity index (χ3v) is 3.75. The van der Waals surface area contributed by atoms with E-state index in [9.17, 15) is 9.59 Å². The molecule has 6 nitrogen and oxygen atoms in total. The van der Waals surface area contributed by atoms with Gasteiger partial charge in [0.05, 0.1) is 0 Å². The minimum Gasteiger partial charge on any atom is -0.477 e. The van der Waals surface area contributed by atoms with Crippen LogP contribution in [0.25, 0.3) is 0 Å². The Morgan fingerprint density at radius 1 is 1.33 bits per heavy atom. The predicted octanol–water partition coefficient (Wildman–Crippen LogP) is 1.67. The van der Waals surface area contributed by atoms with Crippen LogP contribution in [0.4, 0.5) is 0 Å². The van der Waals surface area contributed by atoms with E-state index in [1.807, 2.05) is 0 Å². The maximum Gasteiger partial charge on any atom is 0.354 e. The molecule has 1 fully saturated rings. The third kappa shape index (κ3) is 4.26. The molecule has 0 bridgehead atoms. The van der Waals surface area contributed by atoms with Crippen molar-refractivity contribution >= 4 is 11.9 Å². The number of carbonyl (C=O) groups is 2. The summed E-state index contributed by atoms with van der Waals surface area (Å²) in [5, 5.41) is 8.90. The van der Waals surface area contributed by atoms with Crippen molar-refractivity contribution in [3.05, 3.63) is 29.6 Å². The molecule has 2 heterocycles. The van der Waals surface area contributed by atoms with E-state index in [1.165, 1.54) is 12.1 Å². The van der Waals surface area contributed by atoms with Crippen LogP contribution in [0.15, 0.2) is 18.2 Å². The van der Waals surface area contributed by atoms with Crippen LogP contribution in [0.2, 0.25) is 0 Å². The van der Waals surface area contributed by atoms with Crippen molar-refractivity contribution in [1.29, 1.82) is 0 Å². The Hall–Kier alpha value is -1.95. The molecular formula is C15H20N2O4. The fourth-order valence-corrected chi connectivity index (χ4v) is 2.38. The molecule has 0 aliphatic carbocycles. The highest BCUT2D eigenvalue weighted by molar-refractivity contribution is 5.94. The van der Waals surface area contributed by atoms with Gasteiger partial charge >= 0.3 is 5.97 Å². The lowest BCUT2D eigenvalue weighted by molar-refractivity contribution is 0.0582. The van der Waals surface area contributed by atoms with Crippen LogP contribution in [0.3, 0.4) is 0 Å². The van der Waals surface area contributed by atoms with Crippen molar-refractivity contribution in [2.45, 2.75) is 19.3 Å². The van der Waals surface area contributed by atoms with E-state index in [1.54, 1.807) is 18.0 Å². The summed E-state index contributed by atoms with van der Waals surface area (Å²) in [6.45, 7) is 2.23. The Morgan fingerprint density at radius 3 is 2.67 bits per heavy atom. The second-order valence-corrected chi connectivity index (χ2v) is 5.28. The molecule has 1 amide bonds. The molecule has 1 aromatic heterocycles. The number of carboxylic acids is 1. The molecule has 6 heteroatoms. The number of nitrogens with zero attached hydrogens (tertiary/aromatic N) is 2. The van der Waals surface area contributed by atoms with Gasteiger partial charge in [-0.2, -0.15) is 0 Å². The predicted molar refractivity (Wildman–Crippen MR) is 76.3 cm³/mol. The lowest BCUT2D eigenvalue weighted by Crippen LogP contribution is -2.31. The van der Waals surface area contributed by atoms with Gasteiger partial charge in [0.1, 0.15) is 11.4 Å². The molecule has 0 spiro atoms. The van der Waals surface area contributed by atoms with Crippen LogP contribution in [-0.2, 0) is 4.74 Å². The molecule has 0 aromatic carbocycles. The summed E-state index contributed by atoms with van der Waals surface area (Å²) in [6, 6.07) is 4.46. The summed E-state index contributed by atoms with van der Waals surface area (Å²) in [7, 11) is 1.72. The minimum absolute atomic E-state index is 0.112. The molecule has 0 radical (unpaired) electrons. The summed E-state index contributed by atoms with van der Waals surface area (Å²) >= 11 is 0. The highest BCUT2D eigenvalue weighted by Gasteiger charge is 2.18. The molecule has 1 aliphatic heterocycles. The highest BCUT2D eigenvalue weighted by atomic mass is 16.5. The average molecular weight is 292 g/mol. The first-order chi connectivity index (χ1) is 10.1. The average Bonchev–Trinajstić information content (AvgIpc) is 2.53. The fourth-order valence-electron chi connectivity index (χ4n) is 2.38. The Bertz CT molecular complexity index is 512. The quantitative estimate of drug-likeness (QED) is 0.893. The van der Waals surface area contributed by atoms with E-state index >= 15 is 0 Å². The van der Waals surface area contributed by atoms with Crippen molar-refractivity contribution < 1.29 is 19.4 Å². The van der Waals surface area contributed by atoms with E-state index < -0.39 is 5.97 Å². The third-order valence-electron chi connectivity index (χ3n) is 3.75. The standard InChI is InChI=1S/C15H20N2O4/c1-17(8-5-11-6-9-21-10-7-11)14(18)12-3-2-4-13(16-12)15(19)20/h2-4,11H,5-10H2,1H3,(H,19,20). The lowest BCUT2D eigenvalue weighted by atomic mass is 9.96. The van der Waals surface area contributed by atoms with E-state index in [0.29, 0.717) is 12.5 Å². The molecule has 1 aliphatic rings. The van der Waals surface area contributed by atoms with Crippen LogP contribution in [-0.4, -0.2) is 53.7 Å². The number of pyridine rings is 1. The van der Waals surface area contributed by atoms with Crippen molar-refractivity contribution in [3.8, 4) is 0 Å². The molecule has 0 atom stereocenters. The Morgan fingerprint density at radius 2 is 2.00 bits per heavy atom. The van der Waals surface area contributed by atoms with Crippen molar-refractivity contribution in [2.24, 2.45) is 5.92 Å². The molecule has 21 heavy (non-hydrogen) atoms. The summed E-state index contributed by atoms with van der Waals surface area (Å²) in [6.07, 6.45) is 3.01. The lowest BCUT2D eigenvalue weighted by Gasteiger charge is -2.24. The van der Waals surface area contributed by atoms with Gasteiger partial charge in [0.2, 0.25) is 0 Å². The molecular weight excluding hydrogens is 272 g/mol. The SMILES string of the molecule is CN(CCC1CCOCC1)C(=O)c1cccc(C(=O)O)n1. The monoisotopic (exact) mass is 292 g/mol. The number of hydrogen-bond donors (Lipinski definition) is 1. The topological polar surface area (TPSA) is 79.7 Å². The van der Waals surface area contributed by atoms with E-state index in [-0.39, 0.29) is 17.3 Å². The zero-order valence-electron chi connectivity index (χ0n) is 12.1. The van der Waals surface area contributed by atoms with Gasteiger partial charge in [0.25, 0.3) is 5.91 Å². The Kier molecular flexibility index (Phi) is 5.27. The van der Waals surface area contributed by atoms with E-state index in [2.05, 4.69) is 4.98 Å². The second kappa shape index (κ2) is 7.17. The number of carboxylic acid groups (broad SMARTS) is 1. The Balaban J connectivity index is 1.92. The van der Waals surface area contributed by atoms with Gasteiger partial charge in [0.15, 0.2) is 0 Å². The van der Waals surface area contributed by atoms with Crippen LogP contribution < -0.4 is 0 Å². The molecule has 1 saturated heterocycles. The van der Waals surface area contributed by atoms with Crippen LogP contribution >= 0.6 is 0 Å². The number of rotatable bonds is 5. The van der Waals surface area contributed by atoms with Crippen LogP contribution in [0, 0.1) is 5.92 Å².